The Morgan fingerprint density at radius 1 is 1.19 bits per heavy atom. The van der Waals surface area contributed by atoms with E-state index >= 15 is 0 Å². The summed E-state index contributed by atoms with van der Waals surface area (Å²) in [7, 11) is 0. The Hall–Kier alpha value is -1.39. The Morgan fingerprint density at radius 3 is 2.62 bits per heavy atom. The highest BCUT2D eigenvalue weighted by Gasteiger charge is 1.99. The molecule has 0 aliphatic carbocycles. The molecule has 2 N–H and O–H groups in total. The van der Waals surface area contributed by atoms with E-state index in [0.29, 0.717) is 6.54 Å². The number of hydrogen-bond acceptors (Lipinski definition) is 3. The zero-order valence-electron chi connectivity index (χ0n) is 8.91. The van der Waals surface area contributed by atoms with Crippen molar-refractivity contribution in [2.75, 3.05) is 6.54 Å². The normalized spacial score (nSPS) is 9.81. The number of rotatable bonds is 4. The second kappa shape index (κ2) is 6.25. The van der Waals surface area contributed by atoms with E-state index in [4.69, 9.17) is 5.73 Å². The van der Waals surface area contributed by atoms with Gasteiger partial charge in [0.15, 0.2) is 0 Å². The molecule has 0 amide bonds. The van der Waals surface area contributed by atoms with Crippen molar-refractivity contribution in [3.8, 4) is 0 Å². The van der Waals surface area contributed by atoms with Gasteiger partial charge in [0.25, 0.3) is 0 Å². The molecule has 0 aliphatic heterocycles. The third-order valence-corrected chi connectivity index (χ3v) is 2.17. The van der Waals surface area contributed by atoms with Gasteiger partial charge in [0.1, 0.15) is 0 Å². The quantitative estimate of drug-likeness (QED) is 0.872. The molecule has 0 radical (unpaired) electrons. The third kappa shape index (κ3) is 3.32. The van der Waals surface area contributed by atoms with Gasteiger partial charge in [-0.2, -0.15) is 0 Å². The molecule has 1 aromatic heterocycles. The molecule has 2 aromatic rings. The standard InChI is InChI=1S/C11H14N4.ClH/c12-7-6-11-9-15(14-13-11)8-10-4-2-1-3-5-10;/h1-5,9H,6-8,12H2;1H. The summed E-state index contributed by atoms with van der Waals surface area (Å²) in [5, 5.41) is 8.08. The first-order valence-corrected chi connectivity index (χ1v) is 5.01. The fourth-order valence-corrected chi connectivity index (χ4v) is 1.45. The first-order valence-electron chi connectivity index (χ1n) is 5.01. The Morgan fingerprint density at radius 2 is 1.94 bits per heavy atom. The van der Waals surface area contributed by atoms with Crippen LogP contribution in [0.15, 0.2) is 36.5 Å². The lowest BCUT2D eigenvalue weighted by molar-refractivity contribution is 0.649. The van der Waals surface area contributed by atoms with Crippen molar-refractivity contribution in [2.45, 2.75) is 13.0 Å². The molecule has 0 saturated heterocycles. The number of nitrogens with two attached hydrogens (primary N) is 1. The van der Waals surface area contributed by atoms with Crippen LogP contribution in [0.1, 0.15) is 11.3 Å². The number of aromatic nitrogens is 3. The van der Waals surface area contributed by atoms with Gasteiger partial charge in [-0.25, -0.2) is 4.68 Å². The Labute approximate surface area is 101 Å². The molecule has 0 bridgehead atoms. The van der Waals surface area contributed by atoms with E-state index in [2.05, 4.69) is 22.4 Å². The predicted molar refractivity (Wildman–Crippen MR) is 65.6 cm³/mol. The highest BCUT2D eigenvalue weighted by molar-refractivity contribution is 5.85. The molecule has 0 fully saturated rings. The van der Waals surface area contributed by atoms with Crippen LogP contribution in [0, 0.1) is 0 Å². The fourth-order valence-electron chi connectivity index (χ4n) is 1.45. The van der Waals surface area contributed by atoms with Crippen LogP contribution >= 0.6 is 12.4 Å². The van der Waals surface area contributed by atoms with Gasteiger partial charge < -0.3 is 5.73 Å². The highest BCUT2D eigenvalue weighted by Crippen LogP contribution is 2.02. The zero-order chi connectivity index (χ0) is 10.5. The van der Waals surface area contributed by atoms with Crippen molar-refractivity contribution in [3.05, 3.63) is 47.8 Å². The van der Waals surface area contributed by atoms with Gasteiger partial charge in [-0.3, -0.25) is 0 Å². The van der Waals surface area contributed by atoms with E-state index in [1.807, 2.05) is 29.1 Å². The maximum Gasteiger partial charge on any atom is 0.0839 e. The summed E-state index contributed by atoms with van der Waals surface area (Å²) < 4.78 is 1.83. The van der Waals surface area contributed by atoms with Crippen LogP contribution < -0.4 is 5.73 Å². The van der Waals surface area contributed by atoms with E-state index in [0.717, 1.165) is 18.7 Å². The van der Waals surface area contributed by atoms with Crippen LogP contribution in [-0.2, 0) is 13.0 Å². The van der Waals surface area contributed by atoms with Gasteiger partial charge >= 0.3 is 0 Å². The van der Waals surface area contributed by atoms with Gasteiger partial charge in [0.05, 0.1) is 12.2 Å². The first-order chi connectivity index (χ1) is 7.38. The van der Waals surface area contributed by atoms with Crippen LogP contribution in [0.25, 0.3) is 0 Å². The van der Waals surface area contributed by atoms with Crippen molar-refractivity contribution in [1.29, 1.82) is 0 Å². The van der Waals surface area contributed by atoms with Crippen molar-refractivity contribution < 1.29 is 0 Å². The maximum absolute atomic E-state index is 5.45. The van der Waals surface area contributed by atoms with Crippen LogP contribution in [0.4, 0.5) is 0 Å². The summed E-state index contributed by atoms with van der Waals surface area (Å²) in [5.74, 6) is 0. The van der Waals surface area contributed by atoms with Crippen molar-refractivity contribution in [2.24, 2.45) is 5.73 Å². The molecule has 0 aliphatic rings. The molecule has 1 aromatic carbocycles. The van der Waals surface area contributed by atoms with Crippen molar-refractivity contribution in [3.63, 3.8) is 0 Å². The second-order valence-electron chi connectivity index (χ2n) is 3.43. The lowest BCUT2D eigenvalue weighted by Gasteiger charge is -1.99. The topological polar surface area (TPSA) is 56.7 Å². The molecule has 5 heteroatoms. The maximum atomic E-state index is 5.45. The molecule has 1 heterocycles. The number of hydrogen-bond donors (Lipinski definition) is 1. The summed E-state index contributed by atoms with van der Waals surface area (Å²) >= 11 is 0. The highest BCUT2D eigenvalue weighted by atomic mass is 35.5. The average Bonchev–Trinajstić information content (AvgIpc) is 2.68. The lowest BCUT2D eigenvalue weighted by atomic mass is 10.2. The van der Waals surface area contributed by atoms with Gasteiger partial charge in [-0.1, -0.05) is 35.5 Å². The summed E-state index contributed by atoms with van der Waals surface area (Å²) in [6.45, 7) is 1.38. The second-order valence-corrected chi connectivity index (χ2v) is 3.43. The lowest BCUT2D eigenvalue weighted by Crippen LogP contribution is -2.02. The minimum Gasteiger partial charge on any atom is -0.330 e. The smallest absolute Gasteiger partial charge is 0.0839 e. The zero-order valence-corrected chi connectivity index (χ0v) is 9.73. The summed E-state index contributed by atoms with van der Waals surface area (Å²) in [6.07, 6.45) is 2.73. The molecule has 86 valence electrons. The largest absolute Gasteiger partial charge is 0.330 e. The molecule has 4 nitrogen and oxygen atoms in total. The van der Waals surface area contributed by atoms with Crippen LogP contribution in [0.5, 0.6) is 0 Å². The SMILES string of the molecule is Cl.NCCc1cn(Cc2ccccc2)nn1. The van der Waals surface area contributed by atoms with Crippen molar-refractivity contribution >= 4 is 12.4 Å². The van der Waals surface area contributed by atoms with E-state index in [1.165, 1.54) is 5.56 Å². The van der Waals surface area contributed by atoms with Crippen LogP contribution in [-0.4, -0.2) is 21.5 Å². The van der Waals surface area contributed by atoms with Gasteiger partial charge in [0.2, 0.25) is 0 Å². The van der Waals surface area contributed by atoms with E-state index in [9.17, 15) is 0 Å². The molecule has 0 spiro atoms. The molecule has 16 heavy (non-hydrogen) atoms. The molecular formula is C11H15ClN4. The Kier molecular flexibility index (Phi) is 4.95. The van der Waals surface area contributed by atoms with Crippen LogP contribution in [0.2, 0.25) is 0 Å². The van der Waals surface area contributed by atoms with E-state index < -0.39 is 0 Å². The average molecular weight is 239 g/mol. The van der Waals surface area contributed by atoms with Gasteiger partial charge in [0, 0.05) is 12.6 Å². The minimum atomic E-state index is 0. The van der Waals surface area contributed by atoms with Crippen LogP contribution in [0.3, 0.4) is 0 Å². The molecule has 0 atom stereocenters. The van der Waals surface area contributed by atoms with E-state index in [1.54, 1.807) is 0 Å². The van der Waals surface area contributed by atoms with E-state index in [-0.39, 0.29) is 12.4 Å². The molecule has 2 rings (SSSR count). The number of halogens is 1. The molecular weight excluding hydrogens is 224 g/mol. The summed E-state index contributed by atoms with van der Waals surface area (Å²) in [6, 6.07) is 10.2. The number of benzene rings is 1. The van der Waals surface area contributed by atoms with Gasteiger partial charge in [-0.15, -0.1) is 17.5 Å². The Bertz CT molecular complexity index is 413. The predicted octanol–water partition coefficient (Wildman–Crippen LogP) is 1.25. The number of nitrogens with zero attached hydrogens (tertiary/aromatic N) is 3. The minimum absolute atomic E-state index is 0. The molecule has 0 unspecified atom stereocenters. The van der Waals surface area contributed by atoms with Crippen molar-refractivity contribution in [1.82, 2.24) is 15.0 Å². The third-order valence-electron chi connectivity index (χ3n) is 2.17. The monoisotopic (exact) mass is 238 g/mol. The first kappa shape index (κ1) is 12.7. The Balaban J connectivity index is 0.00000128. The summed E-state index contributed by atoms with van der Waals surface area (Å²) in [5.41, 5.74) is 7.62. The summed E-state index contributed by atoms with van der Waals surface area (Å²) in [4.78, 5) is 0. The van der Waals surface area contributed by atoms with Gasteiger partial charge in [-0.05, 0) is 12.1 Å². The fraction of sp³-hybridized carbons (Fsp3) is 0.273. The molecule has 0 saturated carbocycles.